The second-order valence-electron chi connectivity index (χ2n) is 6.19. The molecular weight excluding hydrogens is 344 g/mol. The fourth-order valence-electron chi connectivity index (χ4n) is 3.30. The molecule has 1 aromatic carbocycles. The Bertz CT molecular complexity index is 1060. The summed E-state index contributed by atoms with van der Waals surface area (Å²) in [6.07, 6.45) is 2.94. The number of hydrogen-bond acceptors (Lipinski definition) is 5. The van der Waals surface area contributed by atoms with E-state index in [1.54, 1.807) is 18.3 Å². The number of fused-ring (bicyclic) bond motifs is 2. The molecule has 0 amide bonds. The van der Waals surface area contributed by atoms with E-state index < -0.39 is 12.1 Å². The molecule has 26 heavy (non-hydrogen) atoms. The summed E-state index contributed by atoms with van der Waals surface area (Å²) in [5, 5.41) is 11.8. The van der Waals surface area contributed by atoms with Crippen LogP contribution < -0.4 is 0 Å². The monoisotopic (exact) mass is 360 g/mol. The lowest BCUT2D eigenvalue weighted by molar-refractivity contribution is 0.0436. The zero-order valence-corrected chi connectivity index (χ0v) is 15.0. The van der Waals surface area contributed by atoms with Crippen molar-refractivity contribution in [2.24, 2.45) is 0 Å². The number of rotatable bonds is 3. The van der Waals surface area contributed by atoms with Crippen molar-refractivity contribution in [3.8, 4) is 6.07 Å². The van der Waals surface area contributed by atoms with E-state index in [0.29, 0.717) is 5.56 Å². The van der Waals surface area contributed by atoms with Gasteiger partial charge in [0.2, 0.25) is 0 Å². The number of benzene rings is 1. The summed E-state index contributed by atoms with van der Waals surface area (Å²) in [5.74, 6) is -0.453. The van der Waals surface area contributed by atoms with Crippen LogP contribution in [0.1, 0.15) is 39.8 Å². The van der Waals surface area contributed by atoms with Crippen LogP contribution >= 0.6 is 11.3 Å². The molecule has 2 heterocycles. The van der Waals surface area contributed by atoms with Crippen molar-refractivity contribution in [2.75, 3.05) is 0 Å². The zero-order valence-electron chi connectivity index (χ0n) is 14.2. The Kier molecular flexibility index (Phi) is 4.27. The van der Waals surface area contributed by atoms with Crippen molar-refractivity contribution in [3.63, 3.8) is 0 Å². The highest BCUT2D eigenvalue weighted by atomic mass is 32.1. The maximum atomic E-state index is 12.8. The van der Waals surface area contributed by atoms with Gasteiger partial charge in [-0.3, -0.25) is 0 Å². The summed E-state index contributed by atoms with van der Waals surface area (Å²) < 4.78 is 5.31. The lowest BCUT2D eigenvalue weighted by Gasteiger charge is -2.13. The standard InChI is InChI=1S/C21H16N2O2S/c1-13(12-22)25-21(24)19-16-6-2-3-7-18(16)23-20-14(8-9-17(19)20)11-15-5-4-10-26-15/h2-7,10-11,13H,8-9H2,1H3/b14-11+/t13-/m1/s1. The van der Waals surface area contributed by atoms with Gasteiger partial charge in [-0.1, -0.05) is 24.3 Å². The highest BCUT2D eigenvalue weighted by Gasteiger charge is 2.28. The number of aromatic nitrogens is 1. The molecule has 5 heteroatoms. The first-order valence-electron chi connectivity index (χ1n) is 8.44. The van der Waals surface area contributed by atoms with Gasteiger partial charge in [-0.05, 0) is 54.5 Å². The van der Waals surface area contributed by atoms with Gasteiger partial charge in [0, 0.05) is 10.3 Å². The Hall–Kier alpha value is -2.97. The SMILES string of the molecule is C[C@H](C#N)OC(=O)c1c2c(nc3ccccc13)/C(=C/c1cccs1)CC2. The van der Waals surface area contributed by atoms with Gasteiger partial charge >= 0.3 is 5.97 Å². The summed E-state index contributed by atoms with van der Waals surface area (Å²) in [5.41, 5.74) is 4.23. The number of allylic oxidation sites excluding steroid dienone is 1. The lowest BCUT2D eigenvalue weighted by atomic mass is 10.0. The van der Waals surface area contributed by atoms with Crippen molar-refractivity contribution in [3.05, 3.63) is 63.5 Å². The van der Waals surface area contributed by atoms with Crippen LogP contribution in [0.15, 0.2) is 41.8 Å². The molecular formula is C21H16N2O2S. The van der Waals surface area contributed by atoms with Crippen LogP contribution in [0.3, 0.4) is 0 Å². The smallest absolute Gasteiger partial charge is 0.340 e. The molecule has 0 bridgehead atoms. The highest BCUT2D eigenvalue weighted by Crippen LogP contribution is 2.38. The van der Waals surface area contributed by atoms with Crippen molar-refractivity contribution in [2.45, 2.75) is 25.9 Å². The fourth-order valence-corrected chi connectivity index (χ4v) is 3.98. The zero-order chi connectivity index (χ0) is 18.1. The van der Waals surface area contributed by atoms with Gasteiger partial charge in [-0.25, -0.2) is 9.78 Å². The van der Waals surface area contributed by atoms with E-state index in [1.165, 1.54) is 4.88 Å². The first kappa shape index (κ1) is 16.5. The van der Waals surface area contributed by atoms with E-state index in [9.17, 15) is 4.79 Å². The molecule has 1 atom stereocenters. The quantitative estimate of drug-likeness (QED) is 0.626. The van der Waals surface area contributed by atoms with Gasteiger partial charge in [0.1, 0.15) is 6.07 Å². The molecule has 4 rings (SSSR count). The average Bonchev–Trinajstić information content (AvgIpc) is 3.30. The maximum absolute atomic E-state index is 12.8. The average molecular weight is 360 g/mol. The van der Waals surface area contributed by atoms with Crippen LogP contribution in [0.5, 0.6) is 0 Å². The summed E-state index contributed by atoms with van der Waals surface area (Å²) in [6, 6.07) is 13.6. The molecule has 0 radical (unpaired) electrons. The molecule has 1 aliphatic rings. The van der Waals surface area contributed by atoms with Crippen LogP contribution in [0.2, 0.25) is 0 Å². The Morgan fingerprint density at radius 1 is 1.31 bits per heavy atom. The minimum atomic E-state index is -0.785. The van der Waals surface area contributed by atoms with Crippen molar-refractivity contribution < 1.29 is 9.53 Å². The second-order valence-corrected chi connectivity index (χ2v) is 7.17. The molecule has 1 aliphatic carbocycles. The summed E-state index contributed by atoms with van der Waals surface area (Å²) in [4.78, 5) is 18.8. The third kappa shape index (κ3) is 2.89. The van der Waals surface area contributed by atoms with E-state index in [4.69, 9.17) is 15.0 Å². The van der Waals surface area contributed by atoms with Gasteiger partial charge in [0.05, 0.1) is 16.8 Å². The Labute approximate surface area is 155 Å². The largest absolute Gasteiger partial charge is 0.444 e. The van der Waals surface area contributed by atoms with Crippen LogP contribution in [-0.2, 0) is 11.2 Å². The number of esters is 1. The Morgan fingerprint density at radius 2 is 2.15 bits per heavy atom. The number of thiophene rings is 1. The molecule has 0 saturated heterocycles. The lowest BCUT2D eigenvalue weighted by Crippen LogP contribution is -2.16. The summed E-state index contributed by atoms with van der Waals surface area (Å²) in [6.45, 7) is 1.57. The van der Waals surface area contributed by atoms with E-state index in [0.717, 1.165) is 40.6 Å². The van der Waals surface area contributed by atoms with Crippen LogP contribution in [0, 0.1) is 11.3 Å². The van der Waals surface area contributed by atoms with E-state index in [2.05, 4.69) is 12.1 Å². The number of nitriles is 1. The van der Waals surface area contributed by atoms with E-state index in [-0.39, 0.29) is 0 Å². The minimum absolute atomic E-state index is 0.453. The van der Waals surface area contributed by atoms with Crippen molar-refractivity contribution in [1.82, 2.24) is 4.98 Å². The van der Waals surface area contributed by atoms with Crippen LogP contribution in [-0.4, -0.2) is 17.1 Å². The molecule has 0 unspecified atom stereocenters. The van der Waals surface area contributed by atoms with E-state index >= 15 is 0 Å². The molecule has 3 aromatic rings. The number of carbonyl (C=O) groups is 1. The molecule has 4 nitrogen and oxygen atoms in total. The van der Waals surface area contributed by atoms with Crippen molar-refractivity contribution in [1.29, 1.82) is 5.26 Å². The van der Waals surface area contributed by atoms with Gasteiger partial charge in [0.15, 0.2) is 6.10 Å². The topological polar surface area (TPSA) is 63.0 Å². The van der Waals surface area contributed by atoms with Gasteiger partial charge in [-0.15, -0.1) is 11.3 Å². The minimum Gasteiger partial charge on any atom is -0.444 e. The number of para-hydroxylation sites is 1. The summed E-state index contributed by atoms with van der Waals surface area (Å²) >= 11 is 1.68. The molecule has 128 valence electrons. The second kappa shape index (κ2) is 6.74. The van der Waals surface area contributed by atoms with Gasteiger partial charge in [0.25, 0.3) is 0 Å². The third-order valence-electron chi connectivity index (χ3n) is 4.47. The maximum Gasteiger partial charge on any atom is 0.340 e. The molecule has 0 spiro atoms. The third-order valence-corrected chi connectivity index (χ3v) is 5.29. The van der Waals surface area contributed by atoms with Crippen molar-refractivity contribution >= 4 is 39.9 Å². The Morgan fingerprint density at radius 3 is 2.92 bits per heavy atom. The number of hydrogen-bond donors (Lipinski definition) is 0. The predicted octanol–water partition coefficient (Wildman–Crippen LogP) is 4.85. The number of carbonyl (C=O) groups excluding carboxylic acids is 1. The van der Waals surface area contributed by atoms with Crippen LogP contribution in [0.4, 0.5) is 0 Å². The number of pyridine rings is 1. The highest BCUT2D eigenvalue weighted by molar-refractivity contribution is 7.10. The predicted molar refractivity (Wildman–Crippen MR) is 103 cm³/mol. The first-order chi connectivity index (χ1) is 12.7. The fraction of sp³-hybridized carbons (Fsp3) is 0.190. The molecule has 0 aliphatic heterocycles. The molecule has 0 fully saturated rings. The number of nitrogens with zero attached hydrogens (tertiary/aromatic N) is 2. The van der Waals surface area contributed by atoms with Gasteiger partial charge in [-0.2, -0.15) is 5.26 Å². The summed E-state index contributed by atoms with van der Waals surface area (Å²) in [7, 11) is 0. The molecule has 0 saturated carbocycles. The van der Waals surface area contributed by atoms with E-state index in [1.807, 2.05) is 41.8 Å². The first-order valence-corrected chi connectivity index (χ1v) is 9.32. The van der Waals surface area contributed by atoms with Gasteiger partial charge < -0.3 is 4.74 Å². The number of ether oxygens (including phenoxy) is 1. The molecule has 2 aromatic heterocycles. The normalized spacial score (nSPS) is 15.6. The van der Waals surface area contributed by atoms with Crippen LogP contribution in [0.25, 0.3) is 22.6 Å². The molecule has 0 N–H and O–H groups in total. The Balaban J connectivity index is 1.89.